The fourth-order valence-electron chi connectivity index (χ4n) is 3.10. The van der Waals surface area contributed by atoms with Gasteiger partial charge < -0.3 is 9.63 Å². The predicted octanol–water partition coefficient (Wildman–Crippen LogP) is 2.17. The highest BCUT2D eigenvalue weighted by molar-refractivity contribution is 7.13. The minimum Gasteiger partial charge on any atom is -0.480 e. The normalized spacial score (nSPS) is 19.5. The van der Waals surface area contributed by atoms with Crippen molar-refractivity contribution in [3.05, 3.63) is 23.4 Å². The predicted molar refractivity (Wildman–Crippen MR) is 90.8 cm³/mol. The summed E-state index contributed by atoms with van der Waals surface area (Å²) in [5.74, 6) is 0.509. The van der Waals surface area contributed by atoms with Gasteiger partial charge in [-0.3, -0.25) is 14.6 Å². The number of carboxylic acid groups (broad SMARTS) is 1. The molecule has 0 radical (unpaired) electrons. The van der Waals surface area contributed by atoms with Gasteiger partial charge in [0.15, 0.2) is 0 Å². The molecule has 0 aliphatic carbocycles. The lowest BCUT2D eigenvalue weighted by Crippen LogP contribution is -2.36. The van der Waals surface area contributed by atoms with Gasteiger partial charge in [0.25, 0.3) is 0 Å². The second kappa shape index (κ2) is 7.87. The molecular weight excluding hydrogens is 328 g/mol. The highest BCUT2D eigenvalue weighted by Gasteiger charge is 2.23. The Labute approximate surface area is 144 Å². The van der Waals surface area contributed by atoms with Crippen molar-refractivity contribution in [2.24, 2.45) is 0 Å². The van der Waals surface area contributed by atoms with Gasteiger partial charge in [-0.15, -0.1) is 11.3 Å². The zero-order chi connectivity index (χ0) is 16.9. The van der Waals surface area contributed by atoms with Crippen LogP contribution in [0.3, 0.4) is 0 Å². The lowest BCUT2D eigenvalue weighted by atomic mass is 10.1. The van der Waals surface area contributed by atoms with Crippen molar-refractivity contribution in [3.63, 3.8) is 0 Å². The molecule has 0 bridgehead atoms. The monoisotopic (exact) mass is 350 g/mol. The molecule has 130 valence electrons. The number of hydrogen-bond donors (Lipinski definition) is 1. The number of aromatic nitrogens is 2. The third kappa shape index (κ3) is 4.40. The fourth-order valence-corrected chi connectivity index (χ4v) is 3.75. The van der Waals surface area contributed by atoms with E-state index < -0.39 is 5.97 Å². The zero-order valence-corrected chi connectivity index (χ0v) is 14.5. The molecule has 3 rings (SSSR count). The second-order valence-electron chi connectivity index (χ2n) is 6.16. The highest BCUT2D eigenvalue weighted by Crippen LogP contribution is 2.22. The quantitative estimate of drug-likeness (QED) is 0.855. The third-order valence-electron chi connectivity index (χ3n) is 4.37. The second-order valence-corrected chi connectivity index (χ2v) is 7.11. The molecule has 24 heavy (non-hydrogen) atoms. The molecule has 0 aromatic carbocycles. The number of aliphatic carboxylic acids is 1. The number of thiophene rings is 1. The molecule has 1 atom stereocenters. The first-order valence-corrected chi connectivity index (χ1v) is 9.00. The van der Waals surface area contributed by atoms with Crippen molar-refractivity contribution in [2.75, 3.05) is 26.7 Å². The molecule has 1 unspecified atom stereocenters. The van der Waals surface area contributed by atoms with Crippen LogP contribution >= 0.6 is 11.3 Å². The average molecular weight is 350 g/mol. The molecule has 3 heterocycles. The fraction of sp³-hybridized carbons (Fsp3) is 0.562. The van der Waals surface area contributed by atoms with E-state index in [1.807, 2.05) is 29.5 Å². The van der Waals surface area contributed by atoms with E-state index in [0.717, 1.165) is 37.2 Å². The first-order valence-electron chi connectivity index (χ1n) is 8.12. The summed E-state index contributed by atoms with van der Waals surface area (Å²) in [6.45, 7) is 2.62. The van der Waals surface area contributed by atoms with Gasteiger partial charge in [-0.2, -0.15) is 4.98 Å². The molecule has 1 fully saturated rings. The molecule has 2 aromatic rings. The summed E-state index contributed by atoms with van der Waals surface area (Å²) in [6.07, 6.45) is 3.01. The van der Waals surface area contributed by atoms with Crippen LogP contribution in [-0.4, -0.2) is 63.7 Å². The molecule has 1 aliphatic rings. The minimum atomic E-state index is -0.773. The SMILES string of the molecule is CN(CC(=O)O)C1CCCN(Cc2nc(-c3cccs3)no2)CC1. The topological polar surface area (TPSA) is 82.7 Å². The molecule has 1 saturated heterocycles. The molecular formula is C16H22N4O3S. The lowest BCUT2D eigenvalue weighted by molar-refractivity contribution is -0.138. The van der Waals surface area contributed by atoms with Crippen LogP contribution in [0.4, 0.5) is 0 Å². The maximum absolute atomic E-state index is 10.9. The third-order valence-corrected chi connectivity index (χ3v) is 5.23. The first kappa shape index (κ1) is 17.1. The summed E-state index contributed by atoms with van der Waals surface area (Å²) in [6, 6.07) is 4.27. The van der Waals surface area contributed by atoms with Gasteiger partial charge in [0, 0.05) is 12.6 Å². The van der Waals surface area contributed by atoms with Gasteiger partial charge in [0.1, 0.15) is 0 Å². The molecule has 0 saturated carbocycles. The Morgan fingerprint density at radius 2 is 2.38 bits per heavy atom. The number of carbonyl (C=O) groups is 1. The van der Waals surface area contributed by atoms with E-state index in [2.05, 4.69) is 15.0 Å². The molecule has 7 nitrogen and oxygen atoms in total. The van der Waals surface area contributed by atoms with Crippen LogP contribution in [-0.2, 0) is 11.3 Å². The van der Waals surface area contributed by atoms with Gasteiger partial charge in [0.05, 0.1) is 18.0 Å². The number of hydrogen-bond acceptors (Lipinski definition) is 7. The van der Waals surface area contributed by atoms with Crippen molar-refractivity contribution in [2.45, 2.75) is 31.8 Å². The molecule has 0 amide bonds. The Bertz CT molecular complexity index is 658. The van der Waals surface area contributed by atoms with Crippen LogP contribution in [0.25, 0.3) is 10.7 Å². The van der Waals surface area contributed by atoms with Gasteiger partial charge in [-0.1, -0.05) is 11.2 Å². The Morgan fingerprint density at radius 3 is 3.12 bits per heavy atom. The van der Waals surface area contributed by atoms with Crippen molar-refractivity contribution in [3.8, 4) is 10.7 Å². The van der Waals surface area contributed by atoms with E-state index in [4.69, 9.17) is 9.63 Å². The Hall–Kier alpha value is -1.77. The van der Waals surface area contributed by atoms with E-state index in [1.165, 1.54) is 0 Å². The summed E-state index contributed by atoms with van der Waals surface area (Å²) < 4.78 is 5.37. The van der Waals surface area contributed by atoms with Crippen LogP contribution < -0.4 is 0 Å². The van der Waals surface area contributed by atoms with E-state index in [1.54, 1.807) is 11.3 Å². The van der Waals surface area contributed by atoms with E-state index in [-0.39, 0.29) is 6.54 Å². The smallest absolute Gasteiger partial charge is 0.317 e. The van der Waals surface area contributed by atoms with Gasteiger partial charge >= 0.3 is 5.97 Å². The summed E-state index contributed by atoms with van der Waals surface area (Å²) >= 11 is 1.59. The largest absolute Gasteiger partial charge is 0.480 e. The summed E-state index contributed by atoms with van der Waals surface area (Å²) in [5, 5.41) is 15.0. The van der Waals surface area contributed by atoms with Gasteiger partial charge in [0.2, 0.25) is 11.7 Å². The number of likely N-dealkylation sites (tertiary alicyclic amines) is 1. The van der Waals surface area contributed by atoms with Crippen molar-refractivity contribution < 1.29 is 14.4 Å². The minimum absolute atomic E-state index is 0.0957. The maximum atomic E-state index is 10.9. The lowest BCUT2D eigenvalue weighted by Gasteiger charge is -2.25. The number of nitrogens with zero attached hydrogens (tertiary/aromatic N) is 4. The zero-order valence-electron chi connectivity index (χ0n) is 13.7. The van der Waals surface area contributed by atoms with Crippen LogP contribution in [0.5, 0.6) is 0 Å². The van der Waals surface area contributed by atoms with Crippen LogP contribution in [0.15, 0.2) is 22.0 Å². The molecule has 0 spiro atoms. The van der Waals surface area contributed by atoms with Gasteiger partial charge in [-0.05, 0) is 44.3 Å². The van der Waals surface area contributed by atoms with E-state index in [0.29, 0.717) is 24.3 Å². The van der Waals surface area contributed by atoms with Crippen molar-refractivity contribution >= 4 is 17.3 Å². The molecule has 1 aliphatic heterocycles. The first-order chi connectivity index (χ1) is 11.6. The summed E-state index contributed by atoms with van der Waals surface area (Å²) in [4.78, 5) is 20.6. The van der Waals surface area contributed by atoms with Crippen molar-refractivity contribution in [1.82, 2.24) is 19.9 Å². The van der Waals surface area contributed by atoms with Crippen LogP contribution in [0, 0.1) is 0 Å². The molecule has 8 heteroatoms. The van der Waals surface area contributed by atoms with Gasteiger partial charge in [-0.25, -0.2) is 0 Å². The van der Waals surface area contributed by atoms with E-state index in [9.17, 15) is 4.79 Å². The summed E-state index contributed by atoms with van der Waals surface area (Å²) in [5.41, 5.74) is 0. The highest BCUT2D eigenvalue weighted by atomic mass is 32.1. The maximum Gasteiger partial charge on any atom is 0.317 e. The number of likely N-dealkylation sites (N-methyl/N-ethyl adjacent to an activating group) is 1. The standard InChI is InChI=1S/C16H22N4O3S/c1-19(11-15(21)22)12-4-2-7-20(8-6-12)10-14-17-16(18-23-14)13-5-3-9-24-13/h3,5,9,12H,2,4,6-8,10-11H2,1H3,(H,21,22). The molecule has 1 N–H and O–H groups in total. The van der Waals surface area contributed by atoms with Crippen LogP contribution in [0.1, 0.15) is 25.2 Å². The average Bonchev–Trinajstić information content (AvgIpc) is 3.15. The van der Waals surface area contributed by atoms with E-state index >= 15 is 0 Å². The van der Waals surface area contributed by atoms with Crippen LogP contribution in [0.2, 0.25) is 0 Å². The Kier molecular flexibility index (Phi) is 5.60. The number of rotatable bonds is 6. The molecule has 2 aromatic heterocycles. The van der Waals surface area contributed by atoms with Crippen molar-refractivity contribution in [1.29, 1.82) is 0 Å². The Morgan fingerprint density at radius 1 is 1.50 bits per heavy atom. The Balaban J connectivity index is 1.54. The number of carboxylic acids is 1. The summed E-state index contributed by atoms with van der Waals surface area (Å²) in [7, 11) is 1.89.